The van der Waals surface area contributed by atoms with Crippen molar-refractivity contribution in [2.45, 2.75) is 6.54 Å². The van der Waals surface area contributed by atoms with Crippen molar-refractivity contribution in [1.82, 2.24) is 19.5 Å². The number of hydrogen-bond donors (Lipinski definition) is 2. The summed E-state index contributed by atoms with van der Waals surface area (Å²) in [6.45, 7) is 0.439. The first-order chi connectivity index (χ1) is 9.15. The van der Waals surface area contributed by atoms with E-state index >= 15 is 0 Å². The van der Waals surface area contributed by atoms with Crippen molar-refractivity contribution in [2.75, 3.05) is 5.73 Å². The van der Waals surface area contributed by atoms with Gasteiger partial charge in [-0.2, -0.15) is 0 Å². The number of halogens is 1. The zero-order valence-corrected chi connectivity index (χ0v) is 10.6. The molecule has 19 heavy (non-hydrogen) atoms. The summed E-state index contributed by atoms with van der Waals surface area (Å²) in [4.78, 5) is 22.4. The molecule has 2 heterocycles. The predicted octanol–water partition coefficient (Wildman–Crippen LogP) is 1.40. The van der Waals surface area contributed by atoms with Crippen molar-refractivity contribution in [1.29, 1.82) is 0 Å². The fourth-order valence-electron chi connectivity index (χ4n) is 1.93. The summed E-state index contributed by atoms with van der Waals surface area (Å²) in [5.74, 6) is 0. The van der Waals surface area contributed by atoms with Gasteiger partial charge in [0.15, 0.2) is 11.2 Å². The molecule has 96 valence electrons. The highest BCUT2D eigenvalue weighted by Gasteiger charge is 2.09. The summed E-state index contributed by atoms with van der Waals surface area (Å²) in [5.41, 5.74) is 7.96. The Bertz CT molecular complexity index is 807. The van der Waals surface area contributed by atoms with Crippen LogP contribution in [0.5, 0.6) is 0 Å². The van der Waals surface area contributed by atoms with Crippen molar-refractivity contribution in [3.63, 3.8) is 0 Å². The lowest BCUT2D eigenvalue weighted by molar-refractivity contribution is 0.821. The topological polar surface area (TPSA) is 89.6 Å². The van der Waals surface area contributed by atoms with E-state index in [-0.39, 0.29) is 5.56 Å². The van der Waals surface area contributed by atoms with Gasteiger partial charge in [-0.1, -0.05) is 17.7 Å². The normalized spacial score (nSPS) is 11.0. The fraction of sp³-hybridized carbons (Fsp3) is 0.0833. The molecule has 0 saturated carbocycles. The summed E-state index contributed by atoms with van der Waals surface area (Å²) >= 11 is 5.85. The lowest BCUT2D eigenvalue weighted by Crippen LogP contribution is -2.12. The van der Waals surface area contributed by atoms with Crippen molar-refractivity contribution in [3.8, 4) is 0 Å². The average molecular weight is 276 g/mol. The molecule has 2 aromatic heterocycles. The summed E-state index contributed by atoms with van der Waals surface area (Å²) in [6.07, 6.45) is 2.90. The Morgan fingerprint density at radius 3 is 3.00 bits per heavy atom. The molecule has 3 N–H and O–H groups in total. The van der Waals surface area contributed by atoms with E-state index in [1.807, 2.05) is 6.07 Å². The fourth-order valence-corrected chi connectivity index (χ4v) is 2.11. The molecule has 0 amide bonds. The minimum atomic E-state index is -0.227. The first kappa shape index (κ1) is 11.7. The summed E-state index contributed by atoms with van der Waals surface area (Å²) < 4.78 is 1.71. The molecule has 0 bridgehead atoms. The van der Waals surface area contributed by atoms with E-state index in [0.717, 1.165) is 5.56 Å². The van der Waals surface area contributed by atoms with E-state index in [0.29, 0.717) is 28.4 Å². The van der Waals surface area contributed by atoms with Crippen molar-refractivity contribution in [2.24, 2.45) is 0 Å². The Balaban J connectivity index is 2.09. The van der Waals surface area contributed by atoms with Crippen LogP contribution in [-0.2, 0) is 6.54 Å². The van der Waals surface area contributed by atoms with Crippen molar-refractivity contribution in [3.05, 3.63) is 51.8 Å². The van der Waals surface area contributed by atoms with Crippen LogP contribution in [-0.4, -0.2) is 19.5 Å². The highest BCUT2D eigenvalue weighted by Crippen LogP contribution is 2.19. The molecule has 0 aliphatic carbocycles. The average Bonchev–Trinajstić information content (AvgIpc) is 2.77. The van der Waals surface area contributed by atoms with Gasteiger partial charge in [0.05, 0.1) is 19.2 Å². The lowest BCUT2D eigenvalue weighted by Gasteiger charge is -2.07. The maximum absolute atomic E-state index is 11.8. The van der Waals surface area contributed by atoms with Gasteiger partial charge in [-0.05, 0) is 17.7 Å². The third-order valence-corrected chi connectivity index (χ3v) is 3.10. The number of aromatic nitrogens is 4. The lowest BCUT2D eigenvalue weighted by atomic mass is 10.2. The number of hydrogen-bond acceptors (Lipinski definition) is 4. The first-order valence-corrected chi connectivity index (χ1v) is 5.95. The number of benzene rings is 1. The number of fused-ring (bicyclic) bond motifs is 1. The summed E-state index contributed by atoms with van der Waals surface area (Å²) in [6, 6.07) is 5.27. The summed E-state index contributed by atoms with van der Waals surface area (Å²) in [7, 11) is 0. The minimum absolute atomic E-state index is 0.227. The smallest absolute Gasteiger partial charge is 0.276 e. The maximum Gasteiger partial charge on any atom is 0.276 e. The zero-order valence-electron chi connectivity index (χ0n) is 9.80. The van der Waals surface area contributed by atoms with E-state index in [2.05, 4.69) is 15.0 Å². The van der Waals surface area contributed by atoms with Gasteiger partial charge in [0.2, 0.25) is 0 Å². The second-order valence-electron chi connectivity index (χ2n) is 4.12. The number of rotatable bonds is 2. The van der Waals surface area contributed by atoms with E-state index in [1.54, 1.807) is 23.0 Å². The Kier molecular flexibility index (Phi) is 2.72. The van der Waals surface area contributed by atoms with Gasteiger partial charge in [0, 0.05) is 10.7 Å². The maximum atomic E-state index is 11.8. The second kappa shape index (κ2) is 4.40. The van der Waals surface area contributed by atoms with Crippen LogP contribution < -0.4 is 11.3 Å². The standard InChI is InChI=1S/C12H10ClN5O/c13-8-2-1-7(9(14)3-8)4-18-6-17-11-10(18)12(19)16-5-15-11/h1-3,5-6H,4,14H2,(H,15,16,19). The number of imidazole rings is 1. The van der Waals surface area contributed by atoms with E-state index in [1.165, 1.54) is 6.33 Å². The molecule has 0 spiro atoms. The molecule has 7 heteroatoms. The third kappa shape index (κ3) is 2.06. The number of anilines is 1. The van der Waals surface area contributed by atoms with Crippen LogP contribution in [0.1, 0.15) is 5.56 Å². The minimum Gasteiger partial charge on any atom is -0.398 e. The number of nitrogens with two attached hydrogens (primary N) is 1. The van der Waals surface area contributed by atoms with E-state index in [9.17, 15) is 4.79 Å². The molecular weight excluding hydrogens is 266 g/mol. The van der Waals surface area contributed by atoms with Gasteiger partial charge in [-0.3, -0.25) is 4.79 Å². The molecule has 0 saturated heterocycles. The number of H-pyrrole nitrogens is 1. The number of nitrogens with zero attached hydrogens (tertiary/aromatic N) is 3. The highest BCUT2D eigenvalue weighted by molar-refractivity contribution is 6.30. The van der Waals surface area contributed by atoms with Crippen molar-refractivity contribution >= 4 is 28.5 Å². The monoisotopic (exact) mass is 275 g/mol. The molecule has 0 atom stereocenters. The van der Waals surface area contributed by atoms with Gasteiger partial charge in [-0.25, -0.2) is 9.97 Å². The Hall–Kier alpha value is -2.34. The molecule has 0 fully saturated rings. The Labute approximate surface area is 112 Å². The van der Waals surface area contributed by atoms with Crippen LogP contribution in [0, 0.1) is 0 Å². The van der Waals surface area contributed by atoms with Crippen LogP contribution in [0.3, 0.4) is 0 Å². The SMILES string of the molecule is Nc1cc(Cl)ccc1Cn1cnc2nc[nH]c(=O)c21. The van der Waals surface area contributed by atoms with E-state index in [4.69, 9.17) is 17.3 Å². The molecule has 6 nitrogen and oxygen atoms in total. The van der Waals surface area contributed by atoms with Crippen LogP contribution in [0.4, 0.5) is 5.69 Å². The molecule has 0 aliphatic heterocycles. The first-order valence-electron chi connectivity index (χ1n) is 5.57. The van der Waals surface area contributed by atoms with Crippen LogP contribution in [0.15, 0.2) is 35.6 Å². The van der Waals surface area contributed by atoms with Gasteiger partial charge in [0.25, 0.3) is 5.56 Å². The van der Waals surface area contributed by atoms with Crippen molar-refractivity contribution < 1.29 is 0 Å². The molecule has 0 unspecified atom stereocenters. The number of aromatic amines is 1. The van der Waals surface area contributed by atoms with Crippen LogP contribution in [0.2, 0.25) is 5.02 Å². The Morgan fingerprint density at radius 1 is 1.37 bits per heavy atom. The number of nitrogens with one attached hydrogen (secondary N) is 1. The van der Waals surface area contributed by atoms with E-state index < -0.39 is 0 Å². The van der Waals surface area contributed by atoms with Crippen LogP contribution in [0.25, 0.3) is 11.2 Å². The molecule has 3 rings (SSSR count). The quantitative estimate of drug-likeness (QED) is 0.692. The van der Waals surface area contributed by atoms with Gasteiger partial charge in [0.1, 0.15) is 0 Å². The molecule has 0 aliphatic rings. The largest absolute Gasteiger partial charge is 0.398 e. The van der Waals surface area contributed by atoms with Gasteiger partial charge in [-0.15, -0.1) is 0 Å². The van der Waals surface area contributed by atoms with Gasteiger partial charge >= 0.3 is 0 Å². The molecule has 0 radical (unpaired) electrons. The Morgan fingerprint density at radius 2 is 2.21 bits per heavy atom. The summed E-state index contributed by atoms with van der Waals surface area (Å²) in [5, 5.41) is 0.580. The predicted molar refractivity (Wildman–Crippen MR) is 73.1 cm³/mol. The van der Waals surface area contributed by atoms with Crippen LogP contribution >= 0.6 is 11.6 Å². The molecule has 3 aromatic rings. The molecule has 1 aromatic carbocycles. The molecular formula is C12H10ClN5O. The third-order valence-electron chi connectivity index (χ3n) is 2.86. The van der Waals surface area contributed by atoms with Gasteiger partial charge < -0.3 is 15.3 Å². The zero-order chi connectivity index (χ0) is 13.4. The highest BCUT2D eigenvalue weighted by atomic mass is 35.5. The number of nitrogen functional groups attached to an aromatic ring is 1. The second-order valence-corrected chi connectivity index (χ2v) is 4.56.